The molecule has 0 spiro atoms. The average Bonchev–Trinajstić information content (AvgIpc) is 2.57. The van der Waals surface area contributed by atoms with Gasteiger partial charge in [0.05, 0.1) is 6.54 Å². The van der Waals surface area contributed by atoms with Crippen LogP contribution in [-0.4, -0.2) is 34.2 Å². The van der Waals surface area contributed by atoms with Gasteiger partial charge in [-0.05, 0) is 39.7 Å². The van der Waals surface area contributed by atoms with Crippen LogP contribution in [0.25, 0.3) is 0 Å². The number of ketones is 1. The summed E-state index contributed by atoms with van der Waals surface area (Å²) in [5, 5.41) is 0. The number of aryl methyl sites for hydroxylation is 1. The van der Waals surface area contributed by atoms with Crippen LogP contribution in [-0.2, 0) is 11.3 Å². The minimum absolute atomic E-state index is 0.0630. The topological polar surface area (TPSA) is 42.3 Å². The van der Waals surface area contributed by atoms with Crippen molar-refractivity contribution in [2.75, 3.05) is 13.1 Å². The Kier molecular flexibility index (Phi) is 4.63. The molecule has 110 valence electrons. The molecule has 1 saturated heterocycles. The van der Waals surface area contributed by atoms with Gasteiger partial charge in [-0.1, -0.05) is 6.42 Å². The molecule has 20 heavy (non-hydrogen) atoms. The van der Waals surface area contributed by atoms with Crippen LogP contribution in [0.3, 0.4) is 0 Å². The molecule has 0 N–H and O–H groups in total. The lowest BCUT2D eigenvalue weighted by Crippen LogP contribution is -2.35. The molecule has 1 aliphatic rings. The van der Waals surface area contributed by atoms with Gasteiger partial charge in [-0.2, -0.15) is 0 Å². The molecule has 1 aromatic heterocycles. The first-order valence-corrected chi connectivity index (χ1v) is 7.52. The Morgan fingerprint density at radius 3 is 2.65 bits per heavy atom. The summed E-state index contributed by atoms with van der Waals surface area (Å²) in [4.78, 5) is 26.2. The highest BCUT2D eigenvalue weighted by Crippen LogP contribution is 2.17. The Bertz CT molecular complexity index is 517. The summed E-state index contributed by atoms with van der Waals surface area (Å²) >= 11 is 0. The molecular formula is C16H24N2O2. The predicted octanol–water partition coefficient (Wildman–Crippen LogP) is 2.71. The Morgan fingerprint density at radius 2 is 2.00 bits per heavy atom. The van der Waals surface area contributed by atoms with E-state index < -0.39 is 0 Å². The number of nitrogens with zero attached hydrogens (tertiary/aromatic N) is 2. The molecule has 1 amide bonds. The van der Waals surface area contributed by atoms with E-state index in [0.29, 0.717) is 6.42 Å². The highest BCUT2D eigenvalue weighted by molar-refractivity contribution is 6.00. The third-order valence-corrected chi connectivity index (χ3v) is 4.20. The minimum Gasteiger partial charge on any atom is -0.349 e. The molecule has 0 aliphatic carbocycles. The molecule has 0 aromatic carbocycles. The van der Waals surface area contributed by atoms with Crippen molar-refractivity contribution in [3.63, 3.8) is 0 Å². The molecule has 0 unspecified atom stereocenters. The van der Waals surface area contributed by atoms with E-state index in [0.717, 1.165) is 49.3 Å². The fourth-order valence-corrected chi connectivity index (χ4v) is 3.03. The van der Waals surface area contributed by atoms with Gasteiger partial charge in [0.1, 0.15) is 0 Å². The number of hydrogen-bond donors (Lipinski definition) is 0. The van der Waals surface area contributed by atoms with E-state index in [4.69, 9.17) is 0 Å². The van der Waals surface area contributed by atoms with Crippen molar-refractivity contribution in [2.45, 2.75) is 53.0 Å². The van der Waals surface area contributed by atoms with Crippen molar-refractivity contribution in [3.05, 3.63) is 23.0 Å². The third kappa shape index (κ3) is 2.94. The Labute approximate surface area is 120 Å². The van der Waals surface area contributed by atoms with Gasteiger partial charge in [-0.15, -0.1) is 0 Å². The molecule has 0 atom stereocenters. The maximum atomic E-state index is 12.5. The van der Waals surface area contributed by atoms with Gasteiger partial charge in [0, 0.05) is 36.5 Å². The average molecular weight is 276 g/mol. The number of carbonyl (C=O) groups excluding carboxylic acids is 2. The summed E-state index contributed by atoms with van der Waals surface area (Å²) in [6.45, 7) is 7.89. The quantitative estimate of drug-likeness (QED) is 0.794. The predicted molar refractivity (Wildman–Crippen MR) is 79.0 cm³/mol. The van der Waals surface area contributed by atoms with E-state index in [1.807, 2.05) is 19.9 Å². The summed E-state index contributed by atoms with van der Waals surface area (Å²) in [7, 11) is 0. The van der Waals surface area contributed by atoms with Crippen LogP contribution in [0.15, 0.2) is 6.07 Å². The van der Waals surface area contributed by atoms with Crippen LogP contribution in [0.2, 0.25) is 0 Å². The monoisotopic (exact) mass is 276 g/mol. The number of amides is 1. The summed E-state index contributed by atoms with van der Waals surface area (Å²) in [5.74, 6) is 0.188. The standard InChI is InChI=1S/C16H24N2O2/c1-4-18-12(2)10-14(13(18)3)15(19)11-17-9-7-5-6-8-16(17)20/h10H,4-9,11H2,1-3H3. The summed E-state index contributed by atoms with van der Waals surface area (Å²) < 4.78 is 2.14. The van der Waals surface area contributed by atoms with Crippen molar-refractivity contribution < 1.29 is 9.59 Å². The van der Waals surface area contributed by atoms with Crippen LogP contribution < -0.4 is 0 Å². The molecule has 1 aliphatic heterocycles. The highest BCUT2D eigenvalue weighted by atomic mass is 16.2. The zero-order valence-corrected chi connectivity index (χ0v) is 12.7. The van der Waals surface area contributed by atoms with Crippen molar-refractivity contribution in [1.82, 2.24) is 9.47 Å². The summed E-state index contributed by atoms with van der Waals surface area (Å²) in [6.07, 6.45) is 3.63. The first-order valence-electron chi connectivity index (χ1n) is 7.52. The second-order valence-corrected chi connectivity index (χ2v) is 5.58. The molecular weight excluding hydrogens is 252 g/mol. The zero-order valence-electron chi connectivity index (χ0n) is 12.7. The SMILES string of the molecule is CCn1c(C)cc(C(=O)CN2CCCCCC2=O)c1C. The molecule has 0 saturated carbocycles. The Hall–Kier alpha value is -1.58. The van der Waals surface area contributed by atoms with Crippen LogP contribution in [0.1, 0.15) is 54.4 Å². The van der Waals surface area contributed by atoms with Gasteiger partial charge < -0.3 is 9.47 Å². The number of rotatable bonds is 4. The van der Waals surface area contributed by atoms with Gasteiger partial charge >= 0.3 is 0 Å². The largest absolute Gasteiger partial charge is 0.349 e. The number of Topliss-reactive ketones (excluding diaryl/α,β-unsaturated/α-hetero) is 1. The minimum atomic E-state index is 0.0630. The maximum Gasteiger partial charge on any atom is 0.222 e. The Morgan fingerprint density at radius 1 is 1.25 bits per heavy atom. The first kappa shape index (κ1) is 14.8. The van der Waals surface area contributed by atoms with Crippen LogP contribution in [0.4, 0.5) is 0 Å². The fourth-order valence-electron chi connectivity index (χ4n) is 3.03. The highest BCUT2D eigenvalue weighted by Gasteiger charge is 2.22. The van der Waals surface area contributed by atoms with Crippen molar-refractivity contribution in [3.8, 4) is 0 Å². The number of carbonyl (C=O) groups is 2. The van der Waals surface area contributed by atoms with E-state index in [1.165, 1.54) is 0 Å². The molecule has 2 heterocycles. The maximum absolute atomic E-state index is 12.5. The number of hydrogen-bond acceptors (Lipinski definition) is 2. The van der Waals surface area contributed by atoms with E-state index in [2.05, 4.69) is 11.5 Å². The van der Waals surface area contributed by atoms with Crippen LogP contribution in [0.5, 0.6) is 0 Å². The molecule has 1 aromatic rings. The van der Waals surface area contributed by atoms with E-state index in [-0.39, 0.29) is 18.2 Å². The van der Waals surface area contributed by atoms with E-state index in [1.54, 1.807) is 4.90 Å². The molecule has 0 bridgehead atoms. The smallest absolute Gasteiger partial charge is 0.222 e. The van der Waals surface area contributed by atoms with Crippen molar-refractivity contribution in [2.24, 2.45) is 0 Å². The second kappa shape index (κ2) is 6.25. The number of aromatic nitrogens is 1. The molecule has 2 rings (SSSR count). The molecule has 4 nitrogen and oxygen atoms in total. The van der Waals surface area contributed by atoms with E-state index in [9.17, 15) is 9.59 Å². The van der Waals surface area contributed by atoms with Gasteiger partial charge in [-0.3, -0.25) is 9.59 Å². The van der Waals surface area contributed by atoms with Gasteiger partial charge in [0.15, 0.2) is 5.78 Å². The van der Waals surface area contributed by atoms with E-state index >= 15 is 0 Å². The lowest BCUT2D eigenvalue weighted by Gasteiger charge is -2.19. The zero-order chi connectivity index (χ0) is 14.7. The van der Waals surface area contributed by atoms with Crippen LogP contribution >= 0.6 is 0 Å². The van der Waals surface area contributed by atoms with Gasteiger partial charge in [0.25, 0.3) is 0 Å². The summed E-state index contributed by atoms with van der Waals surface area (Å²) in [5.41, 5.74) is 2.88. The summed E-state index contributed by atoms with van der Waals surface area (Å²) in [6, 6.07) is 1.95. The molecule has 1 fully saturated rings. The van der Waals surface area contributed by atoms with Crippen LogP contribution in [0, 0.1) is 13.8 Å². The van der Waals surface area contributed by atoms with Gasteiger partial charge in [0.2, 0.25) is 5.91 Å². The fraction of sp³-hybridized carbons (Fsp3) is 0.625. The second-order valence-electron chi connectivity index (χ2n) is 5.58. The third-order valence-electron chi connectivity index (χ3n) is 4.20. The Balaban J connectivity index is 2.13. The first-order chi connectivity index (χ1) is 9.54. The van der Waals surface area contributed by atoms with Gasteiger partial charge in [-0.25, -0.2) is 0 Å². The number of likely N-dealkylation sites (tertiary alicyclic amines) is 1. The van der Waals surface area contributed by atoms with Crippen molar-refractivity contribution in [1.29, 1.82) is 0 Å². The lowest BCUT2D eigenvalue weighted by atomic mass is 10.1. The molecule has 0 radical (unpaired) electrons. The lowest BCUT2D eigenvalue weighted by molar-refractivity contribution is -0.130. The molecule has 4 heteroatoms. The van der Waals surface area contributed by atoms with Crippen molar-refractivity contribution >= 4 is 11.7 Å². The normalized spacial score (nSPS) is 16.4.